The fourth-order valence-corrected chi connectivity index (χ4v) is 2.24. The second-order valence-corrected chi connectivity index (χ2v) is 5.09. The van der Waals surface area contributed by atoms with Crippen molar-refractivity contribution in [1.29, 1.82) is 0 Å². The Morgan fingerprint density at radius 3 is 2.80 bits per heavy atom. The minimum Gasteiger partial charge on any atom is -0.385 e. The van der Waals surface area contributed by atoms with Gasteiger partial charge in [-0.05, 0) is 42.9 Å². The molecule has 0 spiro atoms. The van der Waals surface area contributed by atoms with E-state index in [9.17, 15) is 0 Å². The Hall–Kier alpha value is -0.690. The lowest BCUT2D eigenvalue weighted by molar-refractivity contribution is 0.210. The van der Waals surface area contributed by atoms with Gasteiger partial charge in [0.05, 0.1) is 0 Å². The molecule has 82 valence electrons. The van der Waals surface area contributed by atoms with Crippen molar-refractivity contribution in [3.05, 3.63) is 28.8 Å². The maximum atomic E-state index is 5.97. The number of rotatable bonds is 3. The lowest BCUT2D eigenvalue weighted by Crippen LogP contribution is -2.29. The molecule has 2 atom stereocenters. The Labute approximate surface area is 96.8 Å². The molecular formula is C13H18ClN. The molecule has 0 radical (unpaired) electrons. The highest BCUT2D eigenvalue weighted by atomic mass is 35.5. The third-order valence-electron chi connectivity index (χ3n) is 3.55. The summed E-state index contributed by atoms with van der Waals surface area (Å²) < 4.78 is 0. The molecule has 1 aliphatic carbocycles. The summed E-state index contributed by atoms with van der Waals surface area (Å²) >= 11 is 5.97. The normalized spacial score (nSPS) is 24.7. The summed E-state index contributed by atoms with van der Waals surface area (Å²) in [6, 6.07) is 6.02. The first kappa shape index (κ1) is 10.8. The van der Waals surface area contributed by atoms with Gasteiger partial charge in [-0.1, -0.05) is 31.0 Å². The highest BCUT2D eigenvalue weighted by molar-refractivity contribution is 6.30. The third-order valence-corrected chi connectivity index (χ3v) is 3.79. The van der Waals surface area contributed by atoms with Gasteiger partial charge < -0.3 is 5.32 Å². The van der Waals surface area contributed by atoms with Gasteiger partial charge in [0.15, 0.2) is 0 Å². The fourth-order valence-electron chi connectivity index (χ4n) is 2.06. The Morgan fingerprint density at radius 1 is 1.40 bits per heavy atom. The van der Waals surface area contributed by atoms with E-state index < -0.39 is 0 Å². The molecule has 2 rings (SSSR count). The van der Waals surface area contributed by atoms with E-state index in [-0.39, 0.29) is 0 Å². The summed E-state index contributed by atoms with van der Waals surface area (Å²) in [6.45, 7) is 5.53. The molecule has 1 fully saturated rings. The van der Waals surface area contributed by atoms with Crippen LogP contribution in [-0.2, 0) is 0 Å². The average molecular weight is 224 g/mol. The largest absolute Gasteiger partial charge is 0.385 e. The summed E-state index contributed by atoms with van der Waals surface area (Å²) in [5, 5.41) is 4.31. The number of halogens is 1. The molecule has 15 heavy (non-hydrogen) atoms. The van der Waals surface area contributed by atoms with Crippen LogP contribution in [-0.4, -0.2) is 6.54 Å². The van der Waals surface area contributed by atoms with E-state index in [1.165, 1.54) is 24.1 Å². The summed E-state index contributed by atoms with van der Waals surface area (Å²) in [5.74, 6) is 1.74. The summed E-state index contributed by atoms with van der Waals surface area (Å²) in [7, 11) is 0. The van der Waals surface area contributed by atoms with Gasteiger partial charge in [0, 0.05) is 17.3 Å². The first-order valence-corrected chi connectivity index (χ1v) is 6.04. The zero-order valence-corrected chi connectivity index (χ0v) is 10.1. The van der Waals surface area contributed by atoms with Crippen LogP contribution in [0.5, 0.6) is 0 Å². The third kappa shape index (κ3) is 2.46. The van der Waals surface area contributed by atoms with Gasteiger partial charge >= 0.3 is 0 Å². The molecule has 2 heteroatoms. The van der Waals surface area contributed by atoms with Crippen molar-refractivity contribution in [3.8, 4) is 0 Å². The van der Waals surface area contributed by atoms with Crippen molar-refractivity contribution < 1.29 is 0 Å². The second kappa shape index (κ2) is 4.44. The molecule has 1 N–H and O–H groups in total. The van der Waals surface area contributed by atoms with Crippen LogP contribution in [0.25, 0.3) is 0 Å². The van der Waals surface area contributed by atoms with Crippen LogP contribution < -0.4 is 5.32 Å². The van der Waals surface area contributed by atoms with Gasteiger partial charge in [0.25, 0.3) is 0 Å². The van der Waals surface area contributed by atoms with E-state index in [4.69, 9.17) is 11.6 Å². The molecule has 1 aromatic rings. The van der Waals surface area contributed by atoms with E-state index in [1.807, 2.05) is 12.1 Å². The molecule has 1 aliphatic rings. The summed E-state index contributed by atoms with van der Waals surface area (Å²) in [4.78, 5) is 0. The van der Waals surface area contributed by atoms with Gasteiger partial charge in [-0.3, -0.25) is 0 Å². The number of benzene rings is 1. The highest BCUT2D eigenvalue weighted by Gasteiger charge is 2.26. The van der Waals surface area contributed by atoms with Gasteiger partial charge in [-0.25, -0.2) is 0 Å². The number of anilines is 1. The maximum absolute atomic E-state index is 5.97. The molecule has 1 saturated carbocycles. The van der Waals surface area contributed by atoms with Crippen LogP contribution in [0.3, 0.4) is 0 Å². The monoisotopic (exact) mass is 223 g/mol. The maximum Gasteiger partial charge on any atom is 0.0426 e. The number of hydrogen-bond acceptors (Lipinski definition) is 1. The molecule has 0 aliphatic heterocycles. The average Bonchev–Trinajstić information content (AvgIpc) is 2.21. The van der Waals surface area contributed by atoms with Crippen molar-refractivity contribution in [2.45, 2.75) is 26.7 Å². The van der Waals surface area contributed by atoms with Crippen LogP contribution >= 0.6 is 11.6 Å². The SMILES string of the molecule is Cc1ccc(Cl)cc1NC[C@@H]1CC[C@@H]1C. The molecule has 0 amide bonds. The van der Waals surface area contributed by atoms with Gasteiger partial charge in [-0.15, -0.1) is 0 Å². The van der Waals surface area contributed by atoms with Crippen molar-refractivity contribution >= 4 is 17.3 Å². The van der Waals surface area contributed by atoms with Crippen molar-refractivity contribution in [3.63, 3.8) is 0 Å². The summed E-state index contributed by atoms with van der Waals surface area (Å²) in [5.41, 5.74) is 2.45. The molecule has 0 aromatic heterocycles. The zero-order chi connectivity index (χ0) is 10.8. The van der Waals surface area contributed by atoms with Gasteiger partial charge in [-0.2, -0.15) is 0 Å². The topological polar surface area (TPSA) is 12.0 Å². The van der Waals surface area contributed by atoms with E-state index >= 15 is 0 Å². The highest BCUT2D eigenvalue weighted by Crippen LogP contribution is 2.34. The molecule has 1 aromatic carbocycles. The minimum atomic E-state index is 0.810. The van der Waals surface area contributed by atoms with Crippen molar-refractivity contribution in [2.75, 3.05) is 11.9 Å². The van der Waals surface area contributed by atoms with Crippen LogP contribution in [0.15, 0.2) is 18.2 Å². The van der Waals surface area contributed by atoms with E-state index in [2.05, 4.69) is 25.2 Å². The van der Waals surface area contributed by atoms with E-state index in [1.54, 1.807) is 0 Å². The molecule has 0 saturated heterocycles. The predicted molar refractivity (Wildman–Crippen MR) is 66.6 cm³/mol. The number of nitrogens with one attached hydrogen (secondary N) is 1. The Balaban J connectivity index is 1.95. The first-order chi connectivity index (χ1) is 7.16. The minimum absolute atomic E-state index is 0.810. The van der Waals surface area contributed by atoms with Crippen molar-refractivity contribution in [2.24, 2.45) is 11.8 Å². The quantitative estimate of drug-likeness (QED) is 0.814. The van der Waals surface area contributed by atoms with E-state index in [0.717, 1.165) is 23.4 Å². The van der Waals surface area contributed by atoms with Gasteiger partial charge in [0.2, 0.25) is 0 Å². The van der Waals surface area contributed by atoms with E-state index in [0.29, 0.717) is 0 Å². The molecule has 0 heterocycles. The van der Waals surface area contributed by atoms with Crippen molar-refractivity contribution in [1.82, 2.24) is 0 Å². The second-order valence-electron chi connectivity index (χ2n) is 4.65. The summed E-state index contributed by atoms with van der Waals surface area (Å²) in [6.07, 6.45) is 2.76. The Bertz CT molecular complexity index is 348. The Kier molecular flexibility index (Phi) is 3.20. The predicted octanol–water partition coefficient (Wildman–Crippen LogP) is 4.11. The lowest BCUT2D eigenvalue weighted by atomic mass is 9.75. The number of aryl methyl sites for hydroxylation is 1. The van der Waals surface area contributed by atoms with Crippen LogP contribution in [0, 0.1) is 18.8 Å². The Morgan fingerprint density at radius 2 is 2.20 bits per heavy atom. The van der Waals surface area contributed by atoms with Gasteiger partial charge in [0.1, 0.15) is 0 Å². The standard InChI is InChI=1S/C13H18ClN/c1-9-3-5-11(9)8-15-13-7-12(14)6-4-10(13)2/h4,6-7,9,11,15H,3,5,8H2,1-2H3/t9-,11-/m0/s1. The number of hydrogen-bond donors (Lipinski definition) is 1. The lowest BCUT2D eigenvalue weighted by Gasteiger charge is -2.34. The van der Waals surface area contributed by atoms with Crippen LogP contribution in [0.1, 0.15) is 25.3 Å². The smallest absolute Gasteiger partial charge is 0.0426 e. The zero-order valence-electron chi connectivity index (χ0n) is 9.39. The molecule has 1 nitrogen and oxygen atoms in total. The van der Waals surface area contributed by atoms with Crippen LogP contribution in [0.4, 0.5) is 5.69 Å². The van der Waals surface area contributed by atoms with Crippen LogP contribution in [0.2, 0.25) is 5.02 Å². The first-order valence-electron chi connectivity index (χ1n) is 5.67. The fraction of sp³-hybridized carbons (Fsp3) is 0.538. The molecular weight excluding hydrogens is 206 g/mol. The molecule has 0 unspecified atom stereocenters. The molecule has 0 bridgehead atoms.